The van der Waals surface area contributed by atoms with Gasteiger partial charge in [0.15, 0.2) is 11.4 Å². The summed E-state index contributed by atoms with van der Waals surface area (Å²) < 4.78 is 4.97. The Morgan fingerprint density at radius 3 is 1.61 bits per heavy atom. The average Bonchev–Trinajstić information content (AvgIpc) is 3.45. The van der Waals surface area contributed by atoms with Crippen LogP contribution in [0.25, 0.3) is 44.1 Å². The number of hydrogen-bond donors (Lipinski definition) is 0. The second kappa shape index (κ2) is 10.6. The Bertz CT molecular complexity index is 1810. The molecule has 0 fully saturated rings. The van der Waals surface area contributed by atoms with E-state index in [1.165, 1.54) is 55.2 Å². The number of hydrogen-bond acceptors (Lipinski definition) is 0. The van der Waals surface area contributed by atoms with Gasteiger partial charge in [-0.3, -0.25) is 0 Å². The fourth-order valence-corrected chi connectivity index (χ4v) is 6.37. The van der Waals surface area contributed by atoms with E-state index in [0.717, 1.165) is 0 Å². The summed E-state index contributed by atoms with van der Waals surface area (Å²) in [6, 6.07) is 52.7. The minimum absolute atomic E-state index is 0.111. The summed E-state index contributed by atoms with van der Waals surface area (Å²) in [5, 5.41) is 5.13. The fourth-order valence-electron chi connectivity index (χ4n) is 6.37. The molecule has 0 amide bonds. The van der Waals surface area contributed by atoms with E-state index in [1.54, 1.807) is 0 Å². The van der Waals surface area contributed by atoms with E-state index in [1.807, 2.05) is 0 Å². The zero-order valence-electron chi connectivity index (χ0n) is 23.5. The highest BCUT2D eigenvalue weighted by Crippen LogP contribution is 2.37. The standard InChI is InChI=1S/C39H33N2/c1-28(34-25-13-21-30-15-9-11-23-36(30)34)40-27-41(29(2)35-26-14-22-31-16-10-12-24-37(31)35)39(33-19-7-4-8-20-33)38(40)32-17-5-3-6-18-32/h3-29H,1-2H3/q+1. The Kier molecular flexibility index (Phi) is 6.45. The van der Waals surface area contributed by atoms with Crippen molar-refractivity contribution in [2.24, 2.45) is 0 Å². The second-order valence-corrected chi connectivity index (χ2v) is 10.8. The third kappa shape index (κ3) is 4.42. The molecule has 0 radical (unpaired) electrons. The Balaban J connectivity index is 1.53. The van der Waals surface area contributed by atoms with E-state index in [0.29, 0.717) is 0 Å². The molecule has 6 aromatic carbocycles. The molecule has 0 saturated heterocycles. The summed E-state index contributed by atoms with van der Waals surface area (Å²) in [5.74, 6) is 0. The molecule has 2 atom stereocenters. The fraction of sp³-hybridized carbons (Fsp3) is 0.103. The molecular formula is C39H33N2+. The minimum atomic E-state index is 0.111. The molecule has 0 aliphatic rings. The van der Waals surface area contributed by atoms with Gasteiger partial charge >= 0.3 is 0 Å². The molecular weight excluding hydrogens is 496 g/mol. The molecule has 7 aromatic rings. The maximum Gasteiger partial charge on any atom is 0.245 e. The van der Waals surface area contributed by atoms with E-state index in [-0.39, 0.29) is 12.1 Å². The lowest BCUT2D eigenvalue weighted by Gasteiger charge is -2.15. The maximum atomic E-state index is 2.49. The summed E-state index contributed by atoms with van der Waals surface area (Å²) in [4.78, 5) is 0. The van der Waals surface area contributed by atoms with Gasteiger partial charge in [-0.05, 0) is 35.4 Å². The van der Waals surface area contributed by atoms with Crippen molar-refractivity contribution in [3.63, 3.8) is 0 Å². The molecule has 41 heavy (non-hydrogen) atoms. The lowest BCUT2D eigenvalue weighted by molar-refractivity contribution is -0.699. The van der Waals surface area contributed by atoms with E-state index in [9.17, 15) is 0 Å². The normalized spacial score (nSPS) is 12.9. The van der Waals surface area contributed by atoms with Gasteiger partial charge in [-0.15, -0.1) is 0 Å². The van der Waals surface area contributed by atoms with Crippen molar-refractivity contribution < 1.29 is 4.57 Å². The van der Waals surface area contributed by atoms with Gasteiger partial charge in [-0.1, -0.05) is 146 Å². The van der Waals surface area contributed by atoms with Gasteiger partial charge < -0.3 is 0 Å². The van der Waals surface area contributed by atoms with Gasteiger partial charge in [0.05, 0.1) is 0 Å². The largest absolute Gasteiger partial charge is 0.245 e. The topological polar surface area (TPSA) is 8.81 Å². The highest BCUT2D eigenvalue weighted by atomic mass is 15.2. The lowest BCUT2D eigenvalue weighted by Crippen LogP contribution is -2.39. The highest BCUT2D eigenvalue weighted by Gasteiger charge is 2.33. The molecule has 0 bridgehead atoms. The third-order valence-corrected chi connectivity index (χ3v) is 8.47. The maximum absolute atomic E-state index is 2.49. The number of rotatable bonds is 6. The Morgan fingerprint density at radius 2 is 0.976 bits per heavy atom. The first-order chi connectivity index (χ1) is 20.2. The van der Waals surface area contributed by atoms with Crippen LogP contribution in [0.3, 0.4) is 0 Å². The van der Waals surface area contributed by atoms with Gasteiger partial charge in [-0.25, -0.2) is 9.13 Å². The first-order valence-corrected chi connectivity index (χ1v) is 14.4. The second-order valence-electron chi connectivity index (χ2n) is 10.8. The monoisotopic (exact) mass is 529 g/mol. The molecule has 0 aliphatic carbocycles. The van der Waals surface area contributed by atoms with E-state index < -0.39 is 0 Å². The molecule has 0 N–H and O–H groups in total. The molecule has 7 rings (SSSR count). The van der Waals surface area contributed by atoms with Gasteiger partial charge in [0, 0.05) is 22.3 Å². The number of fused-ring (bicyclic) bond motifs is 2. The Morgan fingerprint density at radius 1 is 0.488 bits per heavy atom. The van der Waals surface area contributed by atoms with Crippen molar-refractivity contribution in [2.75, 3.05) is 0 Å². The smallest absolute Gasteiger partial charge is 0.223 e. The van der Waals surface area contributed by atoms with E-state index in [2.05, 4.69) is 175 Å². The number of imidazole rings is 1. The summed E-state index contributed by atoms with van der Waals surface area (Å²) in [6.45, 7) is 4.66. The average molecular weight is 530 g/mol. The predicted molar refractivity (Wildman–Crippen MR) is 171 cm³/mol. The Labute approximate surface area is 241 Å². The molecule has 0 saturated carbocycles. The van der Waals surface area contributed by atoms with Crippen LogP contribution in [-0.4, -0.2) is 4.57 Å². The number of benzene rings is 6. The highest BCUT2D eigenvalue weighted by molar-refractivity contribution is 5.87. The van der Waals surface area contributed by atoms with Crippen molar-refractivity contribution in [3.05, 3.63) is 163 Å². The number of aromatic nitrogens is 2. The van der Waals surface area contributed by atoms with Crippen molar-refractivity contribution >= 4 is 21.5 Å². The van der Waals surface area contributed by atoms with Crippen molar-refractivity contribution in [1.82, 2.24) is 4.57 Å². The van der Waals surface area contributed by atoms with Crippen LogP contribution in [0, 0.1) is 0 Å². The summed E-state index contributed by atoms with van der Waals surface area (Å²) in [7, 11) is 0. The third-order valence-electron chi connectivity index (χ3n) is 8.47. The summed E-state index contributed by atoms with van der Waals surface area (Å²) >= 11 is 0. The molecule has 2 nitrogen and oxygen atoms in total. The van der Waals surface area contributed by atoms with Crippen LogP contribution in [0.1, 0.15) is 37.1 Å². The van der Waals surface area contributed by atoms with Gasteiger partial charge in [0.1, 0.15) is 12.1 Å². The van der Waals surface area contributed by atoms with Crippen LogP contribution in [0.4, 0.5) is 0 Å². The van der Waals surface area contributed by atoms with Crippen LogP contribution in [-0.2, 0) is 0 Å². The molecule has 1 aromatic heterocycles. The zero-order chi connectivity index (χ0) is 27.8. The summed E-state index contributed by atoms with van der Waals surface area (Å²) in [5.41, 5.74) is 7.51. The molecule has 0 spiro atoms. The van der Waals surface area contributed by atoms with Crippen LogP contribution in [0.2, 0.25) is 0 Å². The molecule has 198 valence electrons. The quantitative estimate of drug-likeness (QED) is 0.190. The van der Waals surface area contributed by atoms with Gasteiger partial charge in [0.2, 0.25) is 6.33 Å². The van der Waals surface area contributed by atoms with Crippen LogP contribution in [0.5, 0.6) is 0 Å². The minimum Gasteiger partial charge on any atom is -0.223 e. The number of nitrogens with zero attached hydrogens (tertiary/aromatic N) is 2. The molecule has 2 heteroatoms. The van der Waals surface area contributed by atoms with Crippen molar-refractivity contribution in [3.8, 4) is 22.5 Å². The summed E-state index contributed by atoms with van der Waals surface area (Å²) in [6.07, 6.45) is 2.35. The first-order valence-electron chi connectivity index (χ1n) is 14.4. The van der Waals surface area contributed by atoms with Gasteiger partial charge in [-0.2, -0.15) is 0 Å². The zero-order valence-corrected chi connectivity index (χ0v) is 23.5. The van der Waals surface area contributed by atoms with Crippen molar-refractivity contribution in [2.45, 2.75) is 25.9 Å². The predicted octanol–water partition coefficient (Wildman–Crippen LogP) is 9.63. The van der Waals surface area contributed by atoms with E-state index in [4.69, 9.17) is 0 Å². The van der Waals surface area contributed by atoms with Crippen LogP contribution in [0.15, 0.2) is 152 Å². The van der Waals surface area contributed by atoms with Gasteiger partial charge in [0.25, 0.3) is 0 Å². The molecule has 1 heterocycles. The first kappa shape index (κ1) is 25.0. The molecule has 2 unspecified atom stereocenters. The lowest BCUT2D eigenvalue weighted by atomic mass is 9.97. The Hall–Kier alpha value is -4.95. The van der Waals surface area contributed by atoms with Crippen molar-refractivity contribution in [1.29, 1.82) is 0 Å². The van der Waals surface area contributed by atoms with Crippen LogP contribution < -0.4 is 4.57 Å². The molecule has 0 aliphatic heterocycles. The van der Waals surface area contributed by atoms with Crippen LogP contribution >= 0.6 is 0 Å². The van der Waals surface area contributed by atoms with E-state index >= 15 is 0 Å². The SMILES string of the molecule is CC(c1cccc2ccccc12)n1c[n+](C(C)c2cccc3ccccc23)c(-c2ccccc2)c1-c1ccccc1.